The average Bonchev–Trinajstić information content (AvgIpc) is 2.56. The van der Waals surface area contributed by atoms with Gasteiger partial charge in [-0.25, -0.2) is 0 Å². The van der Waals surface area contributed by atoms with Crippen molar-refractivity contribution in [1.82, 2.24) is 5.32 Å². The Bertz CT molecular complexity index is 568. The fourth-order valence-corrected chi connectivity index (χ4v) is 2.89. The van der Waals surface area contributed by atoms with E-state index in [1.165, 1.54) is 31.3 Å². The fourth-order valence-electron chi connectivity index (χ4n) is 2.77. The van der Waals surface area contributed by atoms with E-state index in [2.05, 4.69) is 11.4 Å². The molecule has 3 nitrogen and oxygen atoms in total. The first kappa shape index (κ1) is 17.9. The summed E-state index contributed by atoms with van der Waals surface area (Å²) in [5.41, 5.74) is 2.42. The number of benzene rings is 1. The highest BCUT2D eigenvalue weighted by atomic mass is 35.5. The van der Waals surface area contributed by atoms with Gasteiger partial charge in [0.2, 0.25) is 0 Å². The number of hydrogen-bond acceptors (Lipinski definition) is 2. The molecular weight excluding hydrogens is 310 g/mol. The number of aryl methyl sites for hydroxylation is 1. The third-order valence-corrected chi connectivity index (χ3v) is 4.63. The molecule has 0 aromatic heterocycles. The molecule has 1 aliphatic carbocycles. The zero-order chi connectivity index (χ0) is 16.7. The van der Waals surface area contributed by atoms with Crippen LogP contribution in [-0.2, 0) is 4.79 Å². The van der Waals surface area contributed by atoms with Crippen LogP contribution in [0.15, 0.2) is 29.8 Å². The molecule has 23 heavy (non-hydrogen) atoms. The van der Waals surface area contributed by atoms with Gasteiger partial charge < -0.3 is 10.1 Å². The van der Waals surface area contributed by atoms with Crippen LogP contribution in [0.1, 0.15) is 51.0 Å². The van der Waals surface area contributed by atoms with Crippen LogP contribution < -0.4 is 10.1 Å². The van der Waals surface area contributed by atoms with E-state index in [0.29, 0.717) is 23.7 Å². The molecule has 0 aliphatic heterocycles. The van der Waals surface area contributed by atoms with Crippen molar-refractivity contribution >= 4 is 17.5 Å². The SMILES string of the molecule is CCC(Oc1ccc(Cl)c(C)c1)C(=O)NCCC1=CCCCC1. The van der Waals surface area contributed by atoms with Gasteiger partial charge in [-0.1, -0.05) is 30.2 Å². The van der Waals surface area contributed by atoms with Gasteiger partial charge in [0.1, 0.15) is 5.75 Å². The molecule has 0 fully saturated rings. The molecule has 0 saturated carbocycles. The van der Waals surface area contributed by atoms with Crippen molar-refractivity contribution in [2.24, 2.45) is 0 Å². The molecule has 1 N–H and O–H groups in total. The topological polar surface area (TPSA) is 38.3 Å². The zero-order valence-corrected chi connectivity index (χ0v) is 14.8. The third-order valence-electron chi connectivity index (χ3n) is 4.20. The summed E-state index contributed by atoms with van der Waals surface area (Å²) in [7, 11) is 0. The number of amides is 1. The summed E-state index contributed by atoms with van der Waals surface area (Å²) >= 11 is 6.02. The summed E-state index contributed by atoms with van der Waals surface area (Å²) in [6.45, 7) is 4.56. The Morgan fingerprint density at radius 2 is 2.22 bits per heavy atom. The maximum atomic E-state index is 12.3. The van der Waals surface area contributed by atoms with E-state index in [0.717, 1.165) is 12.0 Å². The number of carbonyl (C=O) groups excluding carboxylic acids is 1. The van der Waals surface area contributed by atoms with E-state index in [9.17, 15) is 4.79 Å². The predicted molar refractivity (Wildman–Crippen MR) is 95.1 cm³/mol. The minimum Gasteiger partial charge on any atom is -0.481 e. The van der Waals surface area contributed by atoms with Gasteiger partial charge in [-0.15, -0.1) is 0 Å². The Kier molecular flexibility index (Phi) is 6.97. The number of nitrogens with one attached hydrogen (secondary N) is 1. The second-order valence-electron chi connectivity index (χ2n) is 6.07. The minimum atomic E-state index is -0.462. The van der Waals surface area contributed by atoms with Crippen LogP contribution in [-0.4, -0.2) is 18.6 Å². The summed E-state index contributed by atoms with van der Waals surface area (Å²) in [5, 5.41) is 3.70. The number of rotatable bonds is 7. The van der Waals surface area contributed by atoms with Crippen LogP contribution in [0.4, 0.5) is 0 Å². The Labute approximate surface area is 144 Å². The minimum absolute atomic E-state index is 0.0449. The molecule has 0 spiro atoms. The molecule has 1 aliphatic rings. The first-order valence-electron chi connectivity index (χ1n) is 8.48. The van der Waals surface area contributed by atoms with E-state index in [-0.39, 0.29) is 5.91 Å². The second-order valence-corrected chi connectivity index (χ2v) is 6.48. The van der Waals surface area contributed by atoms with Gasteiger partial charge in [-0.2, -0.15) is 0 Å². The van der Waals surface area contributed by atoms with Crippen molar-refractivity contribution < 1.29 is 9.53 Å². The molecular formula is C19H26ClNO2. The zero-order valence-electron chi connectivity index (χ0n) is 14.0. The Balaban J connectivity index is 1.82. The standard InChI is InChI=1S/C19H26ClNO2/c1-3-18(23-16-9-10-17(20)14(2)13-16)19(22)21-12-11-15-7-5-4-6-8-15/h7,9-10,13,18H,3-6,8,11-12H2,1-2H3,(H,21,22). The Hall–Kier alpha value is -1.48. The van der Waals surface area contributed by atoms with Crippen molar-refractivity contribution in [2.75, 3.05) is 6.54 Å². The van der Waals surface area contributed by atoms with Crippen LogP contribution in [0.2, 0.25) is 5.02 Å². The lowest BCUT2D eigenvalue weighted by Crippen LogP contribution is -2.38. The lowest BCUT2D eigenvalue weighted by atomic mass is 9.97. The number of ether oxygens (including phenoxy) is 1. The molecule has 1 aromatic rings. The van der Waals surface area contributed by atoms with E-state index < -0.39 is 6.10 Å². The Morgan fingerprint density at radius 3 is 2.87 bits per heavy atom. The van der Waals surface area contributed by atoms with Crippen LogP contribution in [0, 0.1) is 6.92 Å². The molecule has 0 heterocycles. The highest BCUT2D eigenvalue weighted by Gasteiger charge is 2.18. The molecule has 2 rings (SSSR count). The molecule has 1 atom stereocenters. The van der Waals surface area contributed by atoms with Crippen LogP contribution in [0.5, 0.6) is 5.75 Å². The van der Waals surface area contributed by atoms with Gasteiger partial charge >= 0.3 is 0 Å². The summed E-state index contributed by atoms with van der Waals surface area (Å²) in [6, 6.07) is 5.47. The number of hydrogen-bond donors (Lipinski definition) is 1. The van der Waals surface area contributed by atoms with Gasteiger partial charge in [0.25, 0.3) is 5.91 Å². The maximum Gasteiger partial charge on any atom is 0.261 e. The first-order chi connectivity index (χ1) is 11.1. The van der Waals surface area contributed by atoms with E-state index in [1.807, 2.05) is 19.9 Å². The molecule has 0 bridgehead atoms. The Morgan fingerprint density at radius 1 is 1.39 bits per heavy atom. The lowest BCUT2D eigenvalue weighted by molar-refractivity contribution is -0.128. The molecule has 1 unspecified atom stereocenters. The van der Waals surface area contributed by atoms with E-state index >= 15 is 0 Å². The second kappa shape index (κ2) is 8.97. The van der Waals surface area contributed by atoms with Gasteiger partial charge in [0.15, 0.2) is 6.10 Å². The van der Waals surface area contributed by atoms with Crippen molar-refractivity contribution in [1.29, 1.82) is 0 Å². The number of carbonyl (C=O) groups is 1. The lowest BCUT2D eigenvalue weighted by Gasteiger charge is -2.18. The quantitative estimate of drug-likeness (QED) is 0.726. The summed E-state index contributed by atoms with van der Waals surface area (Å²) in [6.07, 6.45) is 8.36. The number of allylic oxidation sites excluding steroid dienone is 1. The number of halogens is 1. The molecule has 4 heteroatoms. The van der Waals surface area contributed by atoms with Gasteiger partial charge in [-0.05, 0) is 69.2 Å². The molecule has 1 amide bonds. The highest BCUT2D eigenvalue weighted by Crippen LogP contribution is 2.22. The molecule has 1 aromatic carbocycles. The summed E-state index contributed by atoms with van der Waals surface area (Å²) in [5.74, 6) is 0.639. The molecule has 0 radical (unpaired) electrons. The predicted octanol–water partition coefficient (Wildman–Crippen LogP) is 4.81. The smallest absolute Gasteiger partial charge is 0.261 e. The van der Waals surface area contributed by atoms with Gasteiger partial charge in [0.05, 0.1) is 0 Å². The largest absolute Gasteiger partial charge is 0.481 e. The van der Waals surface area contributed by atoms with Crippen LogP contribution in [0.25, 0.3) is 0 Å². The van der Waals surface area contributed by atoms with Crippen molar-refractivity contribution in [3.8, 4) is 5.75 Å². The molecule has 126 valence electrons. The van der Waals surface area contributed by atoms with E-state index in [4.69, 9.17) is 16.3 Å². The monoisotopic (exact) mass is 335 g/mol. The highest BCUT2D eigenvalue weighted by molar-refractivity contribution is 6.31. The van der Waals surface area contributed by atoms with Crippen molar-refractivity contribution in [3.05, 3.63) is 40.4 Å². The third kappa shape index (κ3) is 5.58. The molecule has 0 saturated heterocycles. The van der Waals surface area contributed by atoms with Crippen molar-refractivity contribution in [3.63, 3.8) is 0 Å². The normalized spacial score (nSPS) is 15.7. The van der Waals surface area contributed by atoms with Gasteiger partial charge in [-0.3, -0.25) is 4.79 Å². The van der Waals surface area contributed by atoms with Gasteiger partial charge in [0, 0.05) is 11.6 Å². The van der Waals surface area contributed by atoms with Crippen LogP contribution >= 0.6 is 11.6 Å². The fraction of sp³-hybridized carbons (Fsp3) is 0.526. The average molecular weight is 336 g/mol. The summed E-state index contributed by atoms with van der Waals surface area (Å²) in [4.78, 5) is 12.3. The maximum absolute atomic E-state index is 12.3. The summed E-state index contributed by atoms with van der Waals surface area (Å²) < 4.78 is 5.82. The van der Waals surface area contributed by atoms with Crippen molar-refractivity contribution in [2.45, 2.75) is 58.5 Å². The van der Waals surface area contributed by atoms with Crippen LogP contribution in [0.3, 0.4) is 0 Å². The first-order valence-corrected chi connectivity index (χ1v) is 8.86. The van der Waals surface area contributed by atoms with E-state index in [1.54, 1.807) is 12.1 Å².